The molecule has 2 amide bonds. The summed E-state index contributed by atoms with van der Waals surface area (Å²) in [6.07, 6.45) is 1.41. The smallest absolute Gasteiger partial charge is 0.387 e. The Kier molecular flexibility index (Phi) is 5.58. The van der Waals surface area contributed by atoms with E-state index in [4.69, 9.17) is 0 Å². The maximum absolute atomic E-state index is 13.9. The molecule has 8 heteroatoms. The molecule has 1 atom stereocenters. The Morgan fingerprint density at radius 1 is 1.50 bits per heavy atom. The van der Waals surface area contributed by atoms with Crippen LogP contribution in [0, 0.1) is 5.82 Å². The van der Waals surface area contributed by atoms with Gasteiger partial charge in [-0.1, -0.05) is 6.07 Å². The number of carbonyl (C=O) groups is 1. The fourth-order valence-corrected chi connectivity index (χ4v) is 2.93. The molecule has 0 aromatic heterocycles. The van der Waals surface area contributed by atoms with E-state index in [0.717, 1.165) is 12.5 Å². The van der Waals surface area contributed by atoms with Crippen LogP contribution in [0.25, 0.3) is 0 Å². The monoisotopic (exact) mass is 346 g/mol. The van der Waals surface area contributed by atoms with Crippen molar-refractivity contribution in [1.29, 1.82) is 0 Å². The van der Waals surface area contributed by atoms with Crippen LogP contribution in [0.15, 0.2) is 18.2 Å². The first-order valence-corrected chi connectivity index (χ1v) is 7.69. The van der Waals surface area contributed by atoms with Crippen LogP contribution in [0.3, 0.4) is 0 Å². The summed E-state index contributed by atoms with van der Waals surface area (Å²) >= 11 is 0. The highest BCUT2D eigenvalue weighted by atomic mass is 19.3. The average molecular weight is 346 g/mol. The number of aliphatic hydroxyl groups is 1. The van der Waals surface area contributed by atoms with Crippen molar-refractivity contribution in [3.63, 3.8) is 0 Å². The molecule has 0 radical (unpaired) electrons. The van der Waals surface area contributed by atoms with Crippen LogP contribution in [0.5, 0.6) is 5.75 Å². The quantitative estimate of drug-likeness (QED) is 0.862. The Hall–Kier alpha value is -1.96. The normalized spacial score (nSPS) is 18.1. The molecule has 0 saturated carbocycles. The molecule has 1 aromatic carbocycles. The summed E-state index contributed by atoms with van der Waals surface area (Å²) in [6, 6.07) is 2.74. The van der Waals surface area contributed by atoms with E-state index in [1.807, 2.05) is 0 Å². The lowest BCUT2D eigenvalue weighted by Gasteiger charge is -2.33. The standard InChI is InChI=1S/C16H21F3N2O3/c1-16(2,23)13-7-4-8-21(13)15(22)20-9-10-11(17)5-3-6-12(10)24-14(18)19/h3,5-6,13-14,23H,4,7-9H2,1-2H3,(H,20,22)/t13-/m0/s1. The number of rotatable bonds is 5. The van der Waals surface area contributed by atoms with E-state index in [-0.39, 0.29) is 23.9 Å². The number of ether oxygens (including phenoxy) is 1. The topological polar surface area (TPSA) is 61.8 Å². The number of alkyl halides is 2. The fraction of sp³-hybridized carbons (Fsp3) is 0.562. The minimum absolute atomic E-state index is 0.148. The maximum atomic E-state index is 13.9. The van der Waals surface area contributed by atoms with Crippen molar-refractivity contribution in [3.8, 4) is 5.75 Å². The Labute approximate surface area is 138 Å². The third-order valence-electron chi connectivity index (χ3n) is 4.04. The van der Waals surface area contributed by atoms with Crippen molar-refractivity contribution in [1.82, 2.24) is 10.2 Å². The lowest BCUT2D eigenvalue weighted by molar-refractivity contribution is -0.0506. The van der Waals surface area contributed by atoms with Gasteiger partial charge >= 0.3 is 12.6 Å². The van der Waals surface area contributed by atoms with Gasteiger partial charge in [0.15, 0.2) is 0 Å². The van der Waals surface area contributed by atoms with Gasteiger partial charge in [0.25, 0.3) is 0 Å². The minimum Gasteiger partial charge on any atom is -0.434 e. The van der Waals surface area contributed by atoms with E-state index in [2.05, 4.69) is 10.1 Å². The Morgan fingerprint density at radius 2 is 2.21 bits per heavy atom. The predicted octanol–water partition coefficient (Wildman–Crippen LogP) is 2.87. The fourth-order valence-electron chi connectivity index (χ4n) is 2.93. The molecule has 5 nitrogen and oxygen atoms in total. The zero-order chi connectivity index (χ0) is 17.9. The van der Waals surface area contributed by atoms with Gasteiger partial charge in [-0.05, 0) is 38.8 Å². The van der Waals surface area contributed by atoms with E-state index in [9.17, 15) is 23.1 Å². The summed E-state index contributed by atoms with van der Waals surface area (Å²) in [5.41, 5.74) is -1.21. The largest absolute Gasteiger partial charge is 0.434 e. The van der Waals surface area contributed by atoms with Crippen LogP contribution in [0.4, 0.5) is 18.0 Å². The van der Waals surface area contributed by atoms with Crippen LogP contribution in [-0.2, 0) is 6.54 Å². The first-order chi connectivity index (χ1) is 11.2. The second-order valence-corrected chi connectivity index (χ2v) is 6.26. The summed E-state index contributed by atoms with van der Waals surface area (Å²) in [5.74, 6) is -1.06. The van der Waals surface area contributed by atoms with Crippen LogP contribution in [0.2, 0.25) is 0 Å². The molecule has 2 rings (SSSR count). The molecule has 134 valence electrons. The second-order valence-electron chi connectivity index (χ2n) is 6.26. The van der Waals surface area contributed by atoms with Crippen LogP contribution >= 0.6 is 0 Å². The van der Waals surface area contributed by atoms with E-state index in [0.29, 0.717) is 13.0 Å². The number of hydrogen-bond acceptors (Lipinski definition) is 3. The summed E-state index contributed by atoms with van der Waals surface area (Å²) in [5, 5.41) is 12.6. The predicted molar refractivity (Wildman–Crippen MR) is 81.3 cm³/mol. The van der Waals surface area contributed by atoms with Crippen molar-refractivity contribution < 1.29 is 27.8 Å². The molecule has 1 aliphatic rings. The number of halogens is 3. The number of amides is 2. The van der Waals surface area contributed by atoms with E-state index >= 15 is 0 Å². The highest BCUT2D eigenvalue weighted by Crippen LogP contribution is 2.27. The zero-order valence-electron chi connectivity index (χ0n) is 13.6. The van der Waals surface area contributed by atoms with Gasteiger partial charge in [0.2, 0.25) is 0 Å². The molecule has 0 aliphatic carbocycles. The molecular formula is C16H21F3N2O3. The average Bonchev–Trinajstić information content (AvgIpc) is 2.95. The van der Waals surface area contributed by atoms with Gasteiger partial charge in [-0.25, -0.2) is 9.18 Å². The van der Waals surface area contributed by atoms with Crippen molar-refractivity contribution >= 4 is 6.03 Å². The first-order valence-electron chi connectivity index (χ1n) is 7.69. The third-order valence-corrected chi connectivity index (χ3v) is 4.04. The molecule has 1 heterocycles. The van der Waals surface area contributed by atoms with E-state index < -0.39 is 24.1 Å². The Morgan fingerprint density at radius 3 is 2.83 bits per heavy atom. The zero-order valence-corrected chi connectivity index (χ0v) is 13.6. The highest BCUT2D eigenvalue weighted by molar-refractivity contribution is 5.75. The van der Waals surface area contributed by atoms with Crippen molar-refractivity contribution in [3.05, 3.63) is 29.6 Å². The minimum atomic E-state index is -3.08. The highest BCUT2D eigenvalue weighted by Gasteiger charge is 2.38. The van der Waals surface area contributed by atoms with Gasteiger partial charge in [0, 0.05) is 12.1 Å². The molecule has 0 bridgehead atoms. The number of benzene rings is 1. The molecule has 0 spiro atoms. The second kappa shape index (κ2) is 7.29. The molecular weight excluding hydrogens is 325 g/mol. The van der Waals surface area contributed by atoms with Crippen molar-refractivity contribution in [2.24, 2.45) is 0 Å². The number of nitrogens with zero attached hydrogens (tertiary/aromatic N) is 1. The SMILES string of the molecule is CC(C)(O)[C@@H]1CCCN1C(=O)NCc1c(F)cccc1OC(F)F. The van der Waals surface area contributed by atoms with Gasteiger partial charge in [-0.2, -0.15) is 8.78 Å². The van der Waals surface area contributed by atoms with Crippen LogP contribution < -0.4 is 10.1 Å². The van der Waals surface area contributed by atoms with Crippen LogP contribution in [-0.4, -0.2) is 40.8 Å². The van der Waals surface area contributed by atoms with E-state index in [1.54, 1.807) is 13.8 Å². The number of hydrogen-bond donors (Lipinski definition) is 2. The van der Waals surface area contributed by atoms with Crippen molar-refractivity contribution in [2.75, 3.05) is 6.54 Å². The molecule has 2 N–H and O–H groups in total. The molecule has 1 aromatic rings. The molecule has 24 heavy (non-hydrogen) atoms. The molecule has 1 fully saturated rings. The first kappa shape index (κ1) is 18.4. The van der Waals surface area contributed by atoms with Gasteiger partial charge in [-0.15, -0.1) is 0 Å². The maximum Gasteiger partial charge on any atom is 0.387 e. The van der Waals surface area contributed by atoms with Gasteiger partial charge < -0.3 is 20.1 Å². The molecule has 0 unspecified atom stereocenters. The molecule has 1 aliphatic heterocycles. The Balaban J connectivity index is 2.07. The van der Waals surface area contributed by atoms with Gasteiger partial charge in [0.1, 0.15) is 11.6 Å². The lowest BCUT2D eigenvalue weighted by Crippen LogP contribution is -2.51. The summed E-state index contributed by atoms with van der Waals surface area (Å²) in [6.45, 7) is 0.337. The summed E-state index contributed by atoms with van der Waals surface area (Å²) in [7, 11) is 0. The van der Waals surface area contributed by atoms with E-state index in [1.165, 1.54) is 17.0 Å². The number of urea groups is 1. The van der Waals surface area contributed by atoms with Gasteiger partial charge in [-0.3, -0.25) is 0 Å². The number of carbonyl (C=O) groups excluding carboxylic acids is 1. The van der Waals surface area contributed by atoms with Gasteiger partial charge in [0.05, 0.1) is 18.2 Å². The number of nitrogens with one attached hydrogen (secondary N) is 1. The third kappa shape index (κ3) is 4.31. The van der Waals surface area contributed by atoms with Crippen molar-refractivity contribution in [2.45, 2.75) is 51.5 Å². The van der Waals surface area contributed by atoms with Crippen LogP contribution in [0.1, 0.15) is 32.3 Å². The number of likely N-dealkylation sites (tertiary alicyclic amines) is 1. The summed E-state index contributed by atoms with van der Waals surface area (Å²) in [4.78, 5) is 13.8. The Bertz CT molecular complexity index is 590. The summed E-state index contributed by atoms with van der Waals surface area (Å²) < 4.78 is 42.9. The lowest BCUT2D eigenvalue weighted by atomic mass is 9.97. The molecule has 1 saturated heterocycles.